The summed E-state index contributed by atoms with van der Waals surface area (Å²) in [7, 11) is 0. The second-order valence-electron chi connectivity index (χ2n) is 7.79. The van der Waals surface area contributed by atoms with Crippen molar-refractivity contribution in [2.75, 3.05) is 26.2 Å². The summed E-state index contributed by atoms with van der Waals surface area (Å²) in [6, 6.07) is 18.5. The Kier molecular flexibility index (Phi) is 5.44. The van der Waals surface area contributed by atoms with Crippen molar-refractivity contribution in [3.63, 3.8) is 0 Å². The van der Waals surface area contributed by atoms with Gasteiger partial charge in [0.15, 0.2) is 0 Å². The molecule has 0 saturated carbocycles. The molecular formula is C25H26N4O. The fraction of sp³-hybridized carbons (Fsp3) is 0.280. The molecule has 4 heterocycles. The minimum absolute atomic E-state index is 0.684. The lowest BCUT2D eigenvalue weighted by Crippen LogP contribution is -2.33. The molecule has 30 heavy (non-hydrogen) atoms. The quantitative estimate of drug-likeness (QED) is 0.462. The first-order chi connectivity index (χ1) is 14.9. The van der Waals surface area contributed by atoms with Gasteiger partial charge < -0.3 is 4.74 Å². The topological polar surface area (TPSA) is 42.7 Å². The van der Waals surface area contributed by atoms with E-state index in [0.717, 1.165) is 34.6 Å². The van der Waals surface area contributed by atoms with Crippen LogP contribution in [0.1, 0.15) is 19.3 Å². The van der Waals surface area contributed by atoms with Crippen LogP contribution in [0.5, 0.6) is 5.88 Å². The molecule has 0 bridgehead atoms. The molecule has 0 atom stereocenters. The van der Waals surface area contributed by atoms with Crippen LogP contribution in [0.15, 0.2) is 73.2 Å². The predicted molar refractivity (Wildman–Crippen MR) is 120 cm³/mol. The largest absolute Gasteiger partial charge is 0.476 e. The number of piperidine rings is 1. The van der Waals surface area contributed by atoms with Gasteiger partial charge in [0, 0.05) is 36.1 Å². The maximum atomic E-state index is 5.85. The lowest BCUT2D eigenvalue weighted by molar-refractivity contribution is 0.180. The van der Waals surface area contributed by atoms with E-state index in [2.05, 4.69) is 55.8 Å². The van der Waals surface area contributed by atoms with Crippen molar-refractivity contribution in [1.29, 1.82) is 0 Å². The van der Waals surface area contributed by atoms with Gasteiger partial charge in [0.05, 0.1) is 11.9 Å². The van der Waals surface area contributed by atoms with Crippen LogP contribution in [0.2, 0.25) is 0 Å². The van der Waals surface area contributed by atoms with Gasteiger partial charge in [0.1, 0.15) is 12.3 Å². The number of hydrogen-bond acceptors (Lipinski definition) is 4. The van der Waals surface area contributed by atoms with Crippen LogP contribution in [0.25, 0.3) is 28.0 Å². The van der Waals surface area contributed by atoms with Gasteiger partial charge in [-0.2, -0.15) is 0 Å². The Morgan fingerprint density at radius 2 is 1.67 bits per heavy atom. The Hall–Kier alpha value is -3.18. The van der Waals surface area contributed by atoms with Crippen molar-refractivity contribution in [2.45, 2.75) is 19.3 Å². The lowest BCUT2D eigenvalue weighted by atomic mass is 10.1. The van der Waals surface area contributed by atoms with Crippen molar-refractivity contribution in [3.05, 3.63) is 73.2 Å². The molecular weight excluding hydrogens is 372 g/mol. The zero-order valence-corrected chi connectivity index (χ0v) is 17.1. The van der Waals surface area contributed by atoms with Crippen LogP contribution >= 0.6 is 0 Å². The van der Waals surface area contributed by atoms with Gasteiger partial charge in [-0.1, -0.05) is 36.8 Å². The highest BCUT2D eigenvalue weighted by Crippen LogP contribution is 2.25. The summed E-state index contributed by atoms with van der Waals surface area (Å²) in [6.07, 6.45) is 9.85. The number of hydrogen-bond donors (Lipinski definition) is 0. The summed E-state index contributed by atoms with van der Waals surface area (Å²) in [5.41, 5.74) is 5.33. The fourth-order valence-electron chi connectivity index (χ4n) is 4.08. The number of likely N-dealkylation sites (tertiary alicyclic amines) is 1. The highest BCUT2D eigenvalue weighted by Gasteiger charge is 2.10. The maximum Gasteiger partial charge on any atom is 0.213 e. The van der Waals surface area contributed by atoms with E-state index < -0.39 is 0 Å². The molecule has 1 fully saturated rings. The van der Waals surface area contributed by atoms with Gasteiger partial charge in [0.2, 0.25) is 5.88 Å². The average Bonchev–Trinajstić information content (AvgIpc) is 3.24. The minimum Gasteiger partial charge on any atom is -0.476 e. The summed E-state index contributed by atoms with van der Waals surface area (Å²) in [5.74, 6) is 0.684. The van der Waals surface area contributed by atoms with Gasteiger partial charge in [-0.3, -0.25) is 9.30 Å². The summed E-state index contributed by atoms with van der Waals surface area (Å²) >= 11 is 0. The highest BCUT2D eigenvalue weighted by molar-refractivity contribution is 5.70. The van der Waals surface area contributed by atoms with E-state index in [9.17, 15) is 0 Å². The molecule has 5 heteroatoms. The van der Waals surface area contributed by atoms with E-state index >= 15 is 0 Å². The second kappa shape index (κ2) is 8.67. The van der Waals surface area contributed by atoms with Gasteiger partial charge in [0.25, 0.3) is 0 Å². The normalized spacial score (nSPS) is 14.8. The third-order valence-corrected chi connectivity index (χ3v) is 5.76. The first-order valence-electron chi connectivity index (χ1n) is 10.7. The van der Waals surface area contributed by atoms with Crippen molar-refractivity contribution < 1.29 is 4.74 Å². The van der Waals surface area contributed by atoms with Gasteiger partial charge in [-0.25, -0.2) is 9.97 Å². The van der Waals surface area contributed by atoms with Crippen molar-refractivity contribution in [2.24, 2.45) is 0 Å². The lowest BCUT2D eigenvalue weighted by Gasteiger charge is -2.26. The molecule has 1 aromatic carbocycles. The molecule has 0 radical (unpaired) electrons. The predicted octanol–water partition coefficient (Wildman–Crippen LogP) is 4.93. The summed E-state index contributed by atoms with van der Waals surface area (Å²) in [4.78, 5) is 11.6. The number of imidazole rings is 1. The first-order valence-corrected chi connectivity index (χ1v) is 10.7. The summed E-state index contributed by atoms with van der Waals surface area (Å²) in [5, 5.41) is 0. The summed E-state index contributed by atoms with van der Waals surface area (Å²) < 4.78 is 7.97. The van der Waals surface area contributed by atoms with E-state index in [-0.39, 0.29) is 0 Å². The van der Waals surface area contributed by atoms with E-state index in [1.165, 1.54) is 32.4 Å². The number of nitrogens with zero attached hydrogens (tertiary/aromatic N) is 4. The molecule has 5 rings (SSSR count). The van der Waals surface area contributed by atoms with E-state index in [1.807, 2.05) is 36.7 Å². The highest BCUT2D eigenvalue weighted by atomic mass is 16.5. The number of benzene rings is 1. The monoisotopic (exact) mass is 398 g/mol. The number of fused-ring (bicyclic) bond motifs is 1. The van der Waals surface area contributed by atoms with Gasteiger partial charge in [-0.15, -0.1) is 0 Å². The molecule has 3 aromatic heterocycles. The molecule has 1 saturated heterocycles. The number of rotatable bonds is 6. The van der Waals surface area contributed by atoms with Crippen molar-refractivity contribution in [1.82, 2.24) is 19.3 Å². The fourth-order valence-corrected chi connectivity index (χ4v) is 4.08. The van der Waals surface area contributed by atoms with E-state index in [1.54, 1.807) is 0 Å². The smallest absolute Gasteiger partial charge is 0.213 e. The van der Waals surface area contributed by atoms with E-state index in [0.29, 0.717) is 12.5 Å². The molecule has 0 unspecified atom stereocenters. The maximum absolute atomic E-state index is 5.85. The third kappa shape index (κ3) is 4.07. The second-order valence-corrected chi connectivity index (χ2v) is 7.79. The van der Waals surface area contributed by atoms with Crippen LogP contribution in [0, 0.1) is 0 Å². The van der Waals surface area contributed by atoms with Gasteiger partial charge >= 0.3 is 0 Å². The number of ether oxygens (including phenoxy) is 1. The Morgan fingerprint density at radius 3 is 2.47 bits per heavy atom. The van der Waals surface area contributed by atoms with Crippen molar-refractivity contribution in [3.8, 4) is 28.3 Å². The van der Waals surface area contributed by atoms with Crippen molar-refractivity contribution >= 4 is 5.65 Å². The molecule has 1 aliphatic heterocycles. The van der Waals surface area contributed by atoms with E-state index in [4.69, 9.17) is 4.74 Å². The average molecular weight is 399 g/mol. The minimum atomic E-state index is 0.684. The zero-order chi connectivity index (χ0) is 20.2. The van der Waals surface area contributed by atoms with Crippen LogP contribution < -0.4 is 4.74 Å². The number of pyridine rings is 2. The van der Waals surface area contributed by atoms with Gasteiger partial charge in [-0.05, 0) is 49.7 Å². The van der Waals surface area contributed by atoms with Crippen LogP contribution in [-0.4, -0.2) is 45.5 Å². The molecule has 1 aliphatic rings. The molecule has 152 valence electrons. The molecule has 5 nitrogen and oxygen atoms in total. The van der Waals surface area contributed by atoms with Crippen LogP contribution in [-0.2, 0) is 0 Å². The Bertz CT molecular complexity index is 1100. The Labute approximate surface area is 177 Å². The van der Waals surface area contributed by atoms with Crippen LogP contribution in [0.4, 0.5) is 0 Å². The Morgan fingerprint density at radius 1 is 0.800 bits per heavy atom. The number of aromatic nitrogens is 3. The standard InChI is InChI=1S/C25H26N4O/c1-3-7-20(8-4-1)23-19-26-24-17-21(11-14-29(23)24)22-9-10-25(27-18-22)30-16-15-28-12-5-2-6-13-28/h1,3-4,7-11,14,17-19H,2,5-6,12-13,15-16H2. The molecule has 4 aromatic rings. The zero-order valence-electron chi connectivity index (χ0n) is 17.1. The molecule has 0 amide bonds. The van der Waals surface area contributed by atoms with Crippen LogP contribution in [0.3, 0.4) is 0 Å². The molecule has 0 N–H and O–H groups in total. The first kappa shape index (κ1) is 18.8. The molecule has 0 aliphatic carbocycles. The summed E-state index contributed by atoms with van der Waals surface area (Å²) in [6.45, 7) is 4.05. The Balaban J connectivity index is 1.27. The SMILES string of the molecule is c1ccc(-c2cnc3cc(-c4ccc(OCCN5CCCCC5)nc4)ccn23)cc1. The molecule has 0 spiro atoms. The third-order valence-electron chi connectivity index (χ3n) is 5.76.